The van der Waals surface area contributed by atoms with Crippen LogP contribution in [0.1, 0.15) is 44.2 Å². The van der Waals surface area contributed by atoms with Gasteiger partial charge in [-0.1, -0.05) is 19.4 Å². The minimum atomic E-state index is -1.18. The molecule has 0 bridgehead atoms. The van der Waals surface area contributed by atoms with Gasteiger partial charge in [0, 0.05) is 25.3 Å². The lowest BCUT2D eigenvalue weighted by Crippen LogP contribution is -2.30. The highest BCUT2D eigenvalue weighted by atomic mass is 16.4. The van der Waals surface area contributed by atoms with Crippen LogP contribution in [0.4, 0.5) is 5.69 Å². The van der Waals surface area contributed by atoms with Crippen molar-refractivity contribution in [1.29, 1.82) is 0 Å². The van der Waals surface area contributed by atoms with Crippen LogP contribution in [0.2, 0.25) is 0 Å². The molecule has 6 nitrogen and oxygen atoms in total. The number of carbonyl (C=O) groups is 2. The molecule has 0 aliphatic carbocycles. The second-order valence-corrected chi connectivity index (χ2v) is 6.66. The van der Waals surface area contributed by atoms with E-state index in [9.17, 15) is 14.7 Å². The lowest BCUT2D eigenvalue weighted by atomic mass is 9.97. The molecule has 0 aromatic heterocycles. The molecule has 0 saturated carbocycles. The fraction of sp³-hybridized carbons (Fsp3) is 0.450. The highest BCUT2D eigenvalue weighted by Crippen LogP contribution is 2.29. The van der Waals surface area contributed by atoms with Gasteiger partial charge >= 0.3 is 5.97 Å². The Kier molecular flexibility index (Phi) is 5.40. The third-order valence-corrected chi connectivity index (χ3v) is 4.85. The number of carboxylic acid groups (broad SMARTS) is 1. The Balaban J connectivity index is 1.91. The minimum Gasteiger partial charge on any atom is -0.476 e. The SMILES string of the molecule is CCCCN1CCCc2cc(/C=C3\C(=O)N(CC)N=C3C(=O)O)ccc21. The molecular formula is C20H25N3O3. The number of hydrogen-bond donors (Lipinski definition) is 1. The van der Waals surface area contributed by atoms with E-state index in [-0.39, 0.29) is 17.2 Å². The van der Waals surface area contributed by atoms with Crippen molar-refractivity contribution in [3.8, 4) is 0 Å². The fourth-order valence-electron chi connectivity index (χ4n) is 3.50. The fourth-order valence-corrected chi connectivity index (χ4v) is 3.50. The molecule has 1 aromatic carbocycles. The molecule has 26 heavy (non-hydrogen) atoms. The zero-order valence-electron chi connectivity index (χ0n) is 15.4. The van der Waals surface area contributed by atoms with Crippen molar-refractivity contribution in [1.82, 2.24) is 5.01 Å². The van der Waals surface area contributed by atoms with Crippen LogP contribution in [0, 0.1) is 0 Å². The van der Waals surface area contributed by atoms with Crippen LogP contribution < -0.4 is 4.90 Å². The van der Waals surface area contributed by atoms with Crippen LogP contribution in [0.3, 0.4) is 0 Å². The zero-order valence-corrected chi connectivity index (χ0v) is 15.4. The van der Waals surface area contributed by atoms with Gasteiger partial charge < -0.3 is 10.0 Å². The minimum absolute atomic E-state index is 0.151. The molecule has 2 heterocycles. The first-order valence-electron chi connectivity index (χ1n) is 9.28. The van der Waals surface area contributed by atoms with E-state index in [2.05, 4.69) is 29.1 Å². The van der Waals surface area contributed by atoms with Gasteiger partial charge in [0.2, 0.25) is 0 Å². The summed E-state index contributed by atoms with van der Waals surface area (Å²) in [6.45, 7) is 6.45. The maximum atomic E-state index is 12.4. The number of carboxylic acids is 1. The smallest absolute Gasteiger partial charge is 0.357 e. The average Bonchev–Trinajstić information content (AvgIpc) is 2.95. The lowest BCUT2D eigenvalue weighted by molar-refractivity contribution is -0.129. The molecule has 2 aliphatic heterocycles. The van der Waals surface area contributed by atoms with Gasteiger partial charge in [0.25, 0.3) is 5.91 Å². The van der Waals surface area contributed by atoms with Gasteiger partial charge in [-0.3, -0.25) is 4.79 Å². The number of carbonyl (C=O) groups excluding carboxylic acids is 1. The Labute approximate surface area is 153 Å². The van der Waals surface area contributed by atoms with Crippen molar-refractivity contribution in [2.24, 2.45) is 5.10 Å². The number of benzene rings is 1. The number of hydrogen-bond acceptors (Lipinski definition) is 4. The number of hydrazone groups is 1. The van der Waals surface area contributed by atoms with E-state index in [1.807, 2.05) is 6.07 Å². The molecule has 0 radical (unpaired) electrons. The first kappa shape index (κ1) is 18.2. The number of aliphatic carboxylic acids is 1. The van der Waals surface area contributed by atoms with Crippen LogP contribution >= 0.6 is 0 Å². The van der Waals surface area contributed by atoms with Gasteiger partial charge in [0.15, 0.2) is 5.71 Å². The van der Waals surface area contributed by atoms with Crippen LogP contribution in [0.25, 0.3) is 6.08 Å². The number of amides is 1. The number of aryl methyl sites for hydroxylation is 1. The highest BCUT2D eigenvalue weighted by Gasteiger charge is 2.33. The molecule has 138 valence electrons. The summed E-state index contributed by atoms with van der Waals surface area (Å²) in [5.41, 5.74) is 3.33. The van der Waals surface area contributed by atoms with Gasteiger partial charge in [-0.05, 0) is 55.5 Å². The lowest BCUT2D eigenvalue weighted by Gasteiger charge is -2.31. The van der Waals surface area contributed by atoms with Gasteiger partial charge in [0.05, 0.1) is 5.57 Å². The van der Waals surface area contributed by atoms with Gasteiger partial charge in [0.1, 0.15) is 0 Å². The number of rotatable bonds is 6. The monoisotopic (exact) mass is 355 g/mol. The van der Waals surface area contributed by atoms with Crippen molar-refractivity contribution in [2.45, 2.75) is 39.5 Å². The highest BCUT2D eigenvalue weighted by molar-refractivity contribution is 6.51. The van der Waals surface area contributed by atoms with Crippen LogP contribution in [-0.4, -0.2) is 47.3 Å². The first-order valence-corrected chi connectivity index (χ1v) is 9.28. The predicted octanol–water partition coefficient (Wildman–Crippen LogP) is 2.93. The van der Waals surface area contributed by atoms with Crippen molar-refractivity contribution in [3.63, 3.8) is 0 Å². The number of likely N-dealkylation sites (N-methyl/N-ethyl adjacent to an activating group) is 1. The van der Waals surface area contributed by atoms with Crippen LogP contribution in [0.5, 0.6) is 0 Å². The predicted molar refractivity (Wildman–Crippen MR) is 102 cm³/mol. The maximum Gasteiger partial charge on any atom is 0.357 e. The number of unbranched alkanes of at least 4 members (excludes halogenated alkanes) is 1. The molecule has 6 heteroatoms. The standard InChI is InChI=1S/C20H25N3O3/c1-3-5-10-22-11-6-7-15-12-14(8-9-17(15)22)13-16-18(20(25)26)21-23(4-2)19(16)24/h8-9,12-13H,3-7,10-11H2,1-2H3,(H,25,26)/b16-13-. The molecule has 0 spiro atoms. The summed E-state index contributed by atoms with van der Waals surface area (Å²) in [4.78, 5) is 26.2. The third-order valence-electron chi connectivity index (χ3n) is 4.85. The molecule has 0 unspecified atom stereocenters. The molecule has 0 saturated heterocycles. The average molecular weight is 355 g/mol. The Morgan fingerprint density at radius 1 is 1.35 bits per heavy atom. The van der Waals surface area contributed by atoms with E-state index < -0.39 is 5.97 Å². The molecule has 0 fully saturated rings. The zero-order chi connectivity index (χ0) is 18.7. The number of fused-ring (bicyclic) bond motifs is 1. The topological polar surface area (TPSA) is 73.2 Å². The molecule has 2 aliphatic rings. The molecular weight excluding hydrogens is 330 g/mol. The second-order valence-electron chi connectivity index (χ2n) is 6.66. The summed E-state index contributed by atoms with van der Waals surface area (Å²) in [5.74, 6) is -1.53. The van der Waals surface area contributed by atoms with E-state index in [0.717, 1.165) is 31.5 Å². The summed E-state index contributed by atoms with van der Waals surface area (Å²) in [6.07, 6.45) is 6.11. The number of anilines is 1. The Morgan fingerprint density at radius 2 is 2.15 bits per heavy atom. The largest absolute Gasteiger partial charge is 0.476 e. The number of nitrogens with zero attached hydrogens (tertiary/aromatic N) is 3. The normalized spacial score (nSPS) is 18.3. The Bertz CT molecular complexity index is 783. The van der Waals surface area contributed by atoms with E-state index >= 15 is 0 Å². The van der Waals surface area contributed by atoms with E-state index in [1.165, 1.54) is 29.1 Å². The van der Waals surface area contributed by atoms with Crippen molar-refractivity contribution >= 4 is 29.4 Å². The summed E-state index contributed by atoms with van der Waals surface area (Å²) >= 11 is 0. The van der Waals surface area contributed by atoms with Gasteiger partial charge in [-0.15, -0.1) is 0 Å². The second kappa shape index (κ2) is 7.72. The summed E-state index contributed by atoms with van der Waals surface area (Å²) in [6, 6.07) is 6.12. The molecule has 1 N–H and O–H groups in total. The van der Waals surface area contributed by atoms with Crippen LogP contribution in [-0.2, 0) is 16.0 Å². The van der Waals surface area contributed by atoms with Crippen molar-refractivity contribution < 1.29 is 14.7 Å². The van der Waals surface area contributed by atoms with Gasteiger partial charge in [-0.2, -0.15) is 5.10 Å². The van der Waals surface area contributed by atoms with Crippen molar-refractivity contribution in [2.75, 3.05) is 24.5 Å². The molecule has 3 rings (SSSR count). The molecule has 1 amide bonds. The molecule has 0 atom stereocenters. The third kappa shape index (κ3) is 3.49. The van der Waals surface area contributed by atoms with E-state index in [1.54, 1.807) is 13.0 Å². The van der Waals surface area contributed by atoms with E-state index in [4.69, 9.17) is 0 Å². The summed E-state index contributed by atoms with van der Waals surface area (Å²) in [5, 5.41) is 14.5. The molecule has 1 aromatic rings. The van der Waals surface area contributed by atoms with Crippen molar-refractivity contribution in [3.05, 3.63) is 34.9 Å². The first-order chi connectivity index (χ1) is 12.5. The van der Waals surface area contributed by atoms with E-state index in [0.29, 0.717) is 6.54 Å². The van der Waals surface area contributed by atoms with Crippen LogP contribution in [0.15, 0.2) is 28.9 Å². The van der Waals surface area contributed by atoms with Gasteiger partial charge in [-0.25, -0.2) is 9.80 Å². The quantitative estimate of drug-likeness (QED) is 0.796. The summed E-state index contributed by atoms with van der Waals surface area (Å²) in [7, 11) is 0. The maximum absolute atomic E-state index is 12.4. The Hall–Kier alpha value is -2.63. The summed E-state index contributed by atoms with van der Waals surface area (Å²) < 4.78 is 0. The Morgan fingerprint density at radius 3 is 2.85 bits per heavy atom.